The van der Waals surface area contributed by atoms with Crippen LogP contribution in [-0.2, 0) is 11.2 Å². The van der Waals surface area contributed by atoms with Gasteiger partial charge in [0.2, 0.25) is 5.88 Å². The highest BCUT2D eigenvalue weighted by atomic mass is 19.1. The largest absolute Gasteiger partial charge is 0.467 e. The van der Waals surface area contributed by atoms with E-state index in [1.807, 2.05) is 0 Å². The molecule has 0 amide bonds. The summed E-state index contributed by atoms with van der Waals surface area (Å²) < 4.78 is 47.1. The second kappa shape index (κ2) is 9.71. The van der Waals surface area contributed by atoms with Crippen LogP contribution >= 0.6 is 0 Å². The molecule has 0 aliphatic carbocycles. The fourth-order valence-corrected chi connectivity index (χ4v) is 4.34. The van der Waals surface area contributed by atoms with Crippen molar-refractivity contribution in [2.24, 2.45) is 0 Å². The Morgan fingerprint density at radius 1 is 1.17 bits per heavy atom. The number of carbonyl (C=O) groups excluding carboxylic acids is 1. The summed E-state index contributed by atoms with van der Waals surface area (Å²) in [5.41, 5.74) is 0.307. The Hall–Kier alpha value is -4.36. The van der Waals surface area contributed by atoms with Crippen LogP contribution in [-0.4, -0.2) is 41.8 Å². The molecule has 2 aromatic heterocycles. The lowest BCUT2D eigenvalue weighted by molar-refractivity contribution is -0.120. The van der Waals surface area contributed by atoms with Gasteiger partial charge in [-0.3, -0.25) is 10.1 Å². The molecule has 10 heteroatoms. The molecule has 0 fully saturated rings. The average Bonchev–Trinajstić information content (AvgIpc) is 2.89. The summed E-state index contributed by atoms with van der Waals surface area (Å²) in [7, 11) is 1.39. The number of fused-ring (bicyclic) bond motifs is 1. The predicted molar refractivity (Wildman–Crippen MR) is 128 cm³/mol. The maximum Gasteiger partial charge on any atom is 0.317 e. The van der Waals surface area contributed by atoms with Crippen LogP contribution in [0.1, 0.15) is 24.1 Å². The van der Waals surface area contributed by atoms with E-state index in [-0.39, 0.29) is 58.6 Å². The molecular formula is C26H20F2N4O4. The third kappa shape index (κ3) is 4.03. The van der Waals surface area contributed by atoms with Crippen LogP contribution in [0.2, 0.25) is 0 Å². The minimum atomic E-state index is -0.805. The fourth-order valence-electron chi connectivity index (χ4n) is 4.34. The molecule has 182 valence electrons. The predicted octanol–water partition coefficient (Wildman–Crippen LogP) is 3.91. The minimum absolute atomic E-state index is 0.00654. The van der Waals surface area contributed by atoms with E-state index in [0.29, 0.717) is 22.9 Å². The smallest absolute Gasteiger partial charge is 0.317 e. The Morgan fingerprint density at radius 2 is 2.03 bits per heavy atom. The van der Waals surface area contributed by atoms with Gasteiger partial charge < -0.3 is 14.2 Å². The lowest BCUT2D eigenvalue weighted by Gasteiger charge is -2.18. The average molecular weight is 490 g/mol. The van der Waals surface area contributed by atoms with Gasteiger partial charge >= 0.3 is 6.01 Å². The molecule has 1 aliphatic heterocycles. The van der Waals surface area contributed by atoms with Gasteiger partial charge in [0, 0.05) is 10.9 Å². The molecule has 0 saturated carbocycles. The topological polar surface area (TPSA) is 95.5 Å². The summed E-state index contributed by atoms with van der Waals surface area (Å²) in [5.74, 6) is 1.07. The zero-order valence-corrected chi connectivity index (χ0v) is 19.2. The van der Waals surface area contributed by atoms with Crippen molar-refractivity contribution in [1.82, 2.24) is 20.3 Å². The number of terminal acetylenes is 1. The second-order valence-electron chi connectivity index (χ2n) is 8.06. The lowest BCUT2D eigenvalue weighted by atomic mass is 9.95. The molecular weight excluding hydrogens is 470 g/mol. The number of ether oxygens (including phenoxy) is 3. The van der Waals surface area contributed by atoms with Crippen LogP contribution in [0.3, 0.4) is 0 Å². The summed E-state index contributed by atoms with van der Waals surface area (Å²) in [6.45, 7) is 1.08. The number of pyridine rings is 1. The van der Waals surface area contributed by atoms with Gasteiger partial charge in [-0.05, 0) is 49.4 Å². The van der Waals surface area contributed by atoms with Crippen LogP contribution < -0.4 is 19.5 Å². The third-order valence-corrected chi connectivity index (χ3v) is 5.94. The molecule has 0 radical (unpaired) electrons. The van der Waals surface area contributed by atoms with E-state index >= 15 is 4.39 Å². The summed E-state index contributed by atoms with van der Waals surface area (Å²) >= 11 is 0. The van der Waals surface area contributed by atoms with Crippen molar-refractivity contribution < 1.29 is 27.8 Å². The number of hydrogen-bond acceptors (Lipinski definition) is 8. The maximum atomic E-state index is 16.3. The molecule has 8 nitrogen and oxygen atoms in total. The highest BCUT2D eigenvalue weighted by Crippen LogP contribution is 2.40. The van der Waals surface area contributed by atoms with Crippen molar-refractivity contribution in [3.63, 3.8) is 0 Å². The molecule has 0 saturated heterocycles. The van der Waals surface area contributed by atoms with Gasteiger partial charge in [0.25, 0.3) is 6.47 Å². The number of carbonyl (C=O) groups is 1. The van der Waals surface area contributed by atoms with Crippen LogP contribution in [0, 0.1) is 24.0 Å². The molecule has 2 aromatic carbocycles. The van der Waals surface area contributed by atoms with Crippen LogP contribution in [0.25, 0.3) is 32.9 Å². The standard InChI is InChI=1S/C26H20F2N4O4/c1-3-16-18(27)8-7-14-10-15(36-13-33)11-17(20(14)16)23-22(28)24-21-19(30-26(32-24)34-2)6-4-5-9-29-12-35-25(21)31-23/h1,7-8,10-11,13,29H,4-6,9,12H2,2H3. The van der Waals surface area contributed by atoms with Gasteiger partial charge in [-0.15, -0.1) is 6.42 Å². The van der Waals surface area contributed by atoms with E-state index in [4.69, 9.17) is 20.6 Å². The molecule has 4 aromatic rings. The van der Waals surface area contributed by atoms with Crippen molar-refractivity contribution in [3.8, 4) is 41.2 Å². The molecule has 1 aliphatic rings. The molecule has 0 atom stereocenters. The van der Waals surface area contributed by atoms with Gasteiger partial charge in [-0.25, -0.2) is 13.8 Å². The van der Waals surface area contributed by atoms with E-state index in [1.165, 1.54) is 31.4 Å². The molecule has 5 rings (SSSR count). The molecule has 0 unspecified atom stereocenters. The molecule has 1 N–H and O–H groups in total. The summed E-state index contributed by atoms with van der Waals surface area (Å²) in [6, 6.07) is 5.52. The first kappa shape index (κ1) is 23.4. The highest BCUT2D eigenvalue weighted by Gasteiger charge is 2.25. The van der Waals surface area contributed by atoms with Crippen molar-refractivity contribution in [2.75, 3.05) is 20.4 Å². The Bertz CT molecular complexity index is 1550. The number of aromatic nitrogens is 3. The molecule has 3 heterocycles. The Kier molecular flexibility index (Phi) is 6.31. The van der Waals surface area contributed by atoms with E-state index in [2.05, 4.69) is 26.2 Å². The van der Waals surface area contributed by atoms with Gasteiger partial charge in [0.1, 0.15) is 29.5 Å². The number of benzene rings is 2. The first-order chi connectivity index (χ1) is 17.5. The lowest BCUT2D eigenvalue weighted by Crippen LogP contribution is -2.23. The van der Waals surface area contributed by atoms with Gasteiger partial charge in [-0.2, -0.15) is 9.97 Å². The summed E-state index contributed by atoms with van der Waals surface area (Å²) in [4.78, 5) is 24.2. The number of aryl methyl sites for hydroxylation is 1. The van der Waals surface area contributed by atoms with Crippen molar-refractivity contribution >= 4 is 28.1 Å². The minimum Gasteiger partial charge on any atom is -0.467 e. The van der Waals surface area contributed by atoms with E-state index in [9.17, 15) is 9.18 Å². The van der Waals surface area contributed by atoms with Crippen LogP contribution in [0.5, 0.6) is 17.6 Å². The quantitative estimate of drug-likeness (QED) is 0.340. The zero-order valence-electron chi connectivity index (χ0n) is 19.2. The summed E-state index contributed by atoms with van der Waals surface area (Å²) in [6.07, 6.45) is 7.82. The van der Waals surface area contributed by atoms with Crippen molar-refractivity contribution in [3.05, 3.63) is 47.2 Å². The highest BCUT2D eigenvalue weighted by molar-refractivity contribution is 6.03. The fraction of sp³-hybridized carbons (Fsp3) is 0.231. The number of rotatable bonds is 4. The molecule has 0 bridgehead atoms. The summed E-state index contributed by atoms with van der Waals surface area (Å²) in [5, 5.41) is 4.14. The number of hydrogen-bond donors (Lipinski definition) is 1. The Balaban J connectivity index is 1.90. The zero-order chi connectivity index (χ0) is 25.2. The van der Waals surface area contributed by atoms with Gasteiger partial charge in [-0.1, -0.05) is 12.0 Å². The second-order valence-corrected chi connectivity index (χ2v) is 8.06. The number of methoxy groups -OCH3 is 1. The number of halogens is 2. The van der Waals surface area contributed by atoms with E-state index in [0.717, 1.165) is 19.4 Å². The number of nitrogens with zero attached hydrogens (tertiary/aromatic N) is 3. The number of nitrogens with one attached hydrogen (secondary N) is 1. The van der Waals surface area contributed by atoms with Gasteiger partial charge in [0.05, 0.1) is 23.8 Å². The first-order valence-corrected chi connectivity index (χ1v) is 11.2. The molecule has 36 heavy (non-hydrogen) atoms. The van der Waals surface area contributed by atoms with Crippen LogP contribution in [0.15, 0.2) is 24.3 Å². The monoisotopic (exact) mass is 490 g/mol. The maximum absolute atomic E-state index is 16.3. The van der Waals surface area contributed by atoms with E-state index in [1.54, 1.807) is 0 Å². The third-order valence-electron chi connectivity index (χ3n) is 5.94. The Morgan fingerprint density at radius 3 is 2.81 bits per heavy atom. The molecule has 0 spiro atoms. The van der Waals surface area contributed by atoms with Gasteiger partial charge in [0.15, 0.2) is 5.82 Å². The SMILES string of the molecule is C#Cc1c(F)ccc2cc(OC=O)cc(-c3nc4c5c(nc(OC)nc5c3F)CCCCNCO4)c12. The Labute approximate surface area is 204 Å². The van der Waals surface area contributed by atoms with Crippen LogP contribution in [0.4, 0.5) is 8.78 Å². The van der Waals surface area contributed by atoms with E-state index < -0.39 is 11.6 Å². The van der Waals surface area contributed by atoms with Crippen molar-refractivity contribution in [2.45, 2.75) is 19.3 Å². The van der Waals surface area contributed by atoms with Crippen molar-refractivity contribution in [1.29, 1.82) is 0 Å². The first-order valence-electron chi connectivity index (χ1n) is 11.2. The normalized spacial score (nSPS) is 13.6.